The van der Waals surface area contributed by atoms with Crippen molar-refractivity contribution in [1.29, 1.82) is 0 Å². The van der Waals surface area contributed by atoms with Gasteiger partial charge in [0.1, 0.15) is 0 Å². The van der Waals surface area contributed by atoms with E-state index in [0.29, 0.717) is 30.4 Å². The number of carbonyl (C=O) groups is 2. The number of aryl methyl sites for hydroxylation is 1. The van der Waals surface area contributed by atoms with Crippen LogP contribution in [0.4, 0.5) is 0 Å². The van der Waals surface area contributed by atoms with E-state index < -0.39 is 5.97 Å². The summed E-state index contributed by atoms with van der Waals surface area (Å²) in [5.74, 6) is -0.851. The summed E-state index contributed by atoms with van der Waals surface area (Å²) in [5, 5.41) is 9.45. The number of carboxylic acid groups (broad SMARTS) is 1. The first-order chi connectivity index (χ1) is 17.1. The second kappa shape index (κ2) is 17.4. The zero-order chi connectivity index (χ0) is 26.9. The Kier molecular flexibility index (Phi) is 14.9. The molecule has 0 saturated carbocycles. The number of methoxy groups -OCH3 is 1. The molecule has 1 atom stereocenters. The molecule has 0 bridgehead atoms. The lowest BCUT2D eigenvalue weighted by atomic mass is 9.89. The molecular weight excluding hydrogens is 452 g/mol. The first kappa shape index (κ1) is 31.0. The number of hydrogen-bond donors (Lipinski definition) is 1. The van der Waals surface area contributed by atoms with E-state index in [9.17, 15) is 14.7 Å². The molecule has 1 aromatic heterocycles. The van der Waals surface area contributed by atoms with Crippen molar-refractivity contribution in [3.8, 4) is 0 Å². The molecule has 1 heterocycles. The zero-order valence-electron chi connectivity index (χ0n) is 22.8. The van der Waals surface area contributed by atoms with E-state index in [1.165, 1.54) is 18.3 Å². The topological polar surface area (TPSA) is 76.7 Å². The van der Waals surface area contributed by atoms with E-state index in [1.807, 2.05) is 39.0 Å². The summed E-state index contributed by atoms with van der Waals surface area (Å²) in [6, 6.07) is 1.93. The minimum absolute atomic E-state index is 0.260. The fourth-order valence-corrected chi connectivity index (χ4v) is 3.89. The van der Waals surface area contributed by atoms with E-state index in [-0.39, 0.29) is 11.9 Å². The van der Waals surface area contributed by atoms with E-state index in [1.54, 1.807) is 12.5 Å². The van der Waals surface area contributed by atoms with Crippen LogP contribution in [0.1, 0.15) is 84.6 Å². The molecule has 0 aromatic carbocycles. The van der Waals surface area contributed by atoms with Gasteiger partial charge in [0.15, 0.2) is 0 Å². The predicted octanol–water partition coefficient (Wildman–Crippen LogP) is 8.16. The Morgan fingerprint density at radius 3 is 2.28 bits per heavy atom. The number of allylic oxidation sites excluding steroid dienone is 7. The first-order valence-electron chi connectivity index (χ1n) is 12.8. The molecule has 0 fully saturated rings. The van der Waals surface area contributed by atoms with Crippen molar-refractivity contribution in [3.63, 3.8) is 0 Å². The largest absolute Gasteiger partial charge is 0.478 e. The van der Waals surface area contributed by atoms with Crippen LogP contribution in [-0.4, -0.2) is 24.2 Å². The third-order valence-electron chi connectivity index (χ3n) is 6.23. The highest BCUT2D eigenvalue weighted by Crippen LogP contribution is 2.25. The summed E-state index contributed by atoms with van der Waals surface area (Å²) in [5.41, 5.74) is 5.81. The van der Waals surface area contributed by atoms with Crippen LogP contribution in [-0.2, 0) is 20.7 Å². The van der Waals surface area contributed by atoms with Crippen molar-refractivity contribution >= 4 is 11.9 Å². The Labute approximate surface area is 217 Å². The van der Waals surface area contributed by atoms with Gasteiger partial charge in [-0.1, -0.05) is 47.6 Å². The third kappa shape index (κ3) is 13.1. The monoisotopic (exact) mass is 496 g/mol. The van der Waals surface area contributed by atoms with Crippen molar-refractivity contribution in [1.82, 2.24) is 0 Å². The number of carbonyl (C=O) groups excluding carboxylic acids is 1. The van der Waals surface area contributed by atoms with Gasteiger partial charge in [-0.3, -0.25) is 0 Å². The highest BCUT2D eigenvalue weighted by molar-refractivity contribution is 5.88. The second-order valence-electron chi connectivity index (χ2n) is 9.65. The van der Waals surface area contributed by atoms with E-state index in [4.69, 9.17) is 9.15 Å². The van der Waals surface area contributed by atoms with Crippen molar-refractivity contribution in [2.75, 3.05) is 7.11 Å². The lowest BCUT2D eigenvalue weighted by Crippen LogP contribution is -2.08. The summed E-state index contributed by atoms with van der Waals surface area (Å²) in [4.78, 5) is 23.8. The minimum Gasteiger partial charge on any atom is -0.478 e. The number of rotatable bonds is 17. The van der Waals surface area contributed by atoms with E-state index in [2.05, 4.69) is 25.7 Å². The first-order valence-corrected chi connectivity index (χ1v) is 12.8. The van der Waals surface area contributed by atoms with Crippen LogP contribution in [0.2, 0.25) is 0 Å². The van der Waals surface area contributed by atoms with Crippen LogP contribution in [0.25, 0.3) is 0 Å². The van der Waals surface area contributed by atoms with Crippen molar-refractivity contribution < 1.29 is 23.8 Å². The average Bonchev–Trinajstić information content (AvgIpc) is 3.34. The minimum atomic E-state index is -0.833. The normalized spacial score (nSPS) is 13.3. The molecule has 1 N–H and O–H groups in total. The maximum Gasteiger partial charge on any atom is 0.333 e. The SMILES string of the molecule is C=C(C)C(C/C=C(\C)CC/C=C(/CCC=C(C)C)C(=O)O)CC/C(=C/CCc1ccoc1)C(=O)OC. The van der Waals surface area contributed by atoms with Crippen LogP contribution < -0.4 is 0 Å². The van der Waals surface area contributed by atoms with Crippen LogP contribution in [0.5, 0.6) is 0 Å². The average molecular weight is 497 g/mol. The van der Waals surface area contributed by atoms with Gasteiger partial charge in [0, 0.05) is 11.1 Å². The highest BCUT2D eigenvalue weighted by Gasteiger charge is 2.14. The Bertz CT molecular complexity index is 953. The molecule has 0 amide bonds. The van der Waals surface area contributed by atoms with Crippen molar-refractivity contribution in [3.05, 3.63) is 82.9 Å². The number of esters is 1. The molecule has 0 aliphatic heterocycles. The van der Waals surface area contributed by atoms with Gasteiger partial charge < -0.3 is 14.3 Å². The quantitative estimate of drug-likeness (QED) is 0.134. The zero-order valence-corrected chi connectivity index (χ0v) is 22.8. The standard InChI is InChI=1S/C31H44O5/c1-23(2)10-7-13-28(30(32)33)14-8-11-25(5)16-17-27(24(3)4)18-19-29(31(34)35-6)15-9-12-26-20-21-36-22-26/h10,14-16,20-22,27H,3,7-9,11-13,17-19H2,1-2,4-6H3,(H,32,33)/b25-16+,28-14-,29-15-. The number of carboxylic acids is 1. The lowest BCUT2D eigenvalue weighted by molar-refractivity contribution is -0.136. The molecular formula is C31H44O5. The van der Waals surface area contributed by atoms with Crippen LogP contribution in [0.15, 0.2) is 81.8 Å². The van der Waals surface area contributed by atoms with Crippen molar-refractivity contribution in [2.24, 2.45) is 5.92 Å². The van der Waals surface area contributed by atoms with Crippen LogP contribution in [0, 0.1) is 5.92 Å². The van der Waals surface area contributed by atoms with Gasteiger partial charge in [-0.2, -0.15) is 0 Å². The van der Waals surface area contributed by atoms with Gasteiger partial charge >= 0.3 is 11.9 Å². The molecule has 0 aliphatic carbocycles. The number of ether oxygens (including phenoxy) is 1. The molecule has 0 radical (unpaired) electrons. The molecule has 198 valence electrons. The van der Waals surface area contributed by atoms with Gasteiger partial charge in [-0.05, 0) is 103 Å². The molecule has 5 heteroatoms. The second-order valence-corrected chi connectivity index (χ2v) is 9.65. The Balaban J connectivity index is 2.65. The Morgan fingerprint density at radius 1 is 1.00 bits per heavy atom. The summed E-state index contributed by atoms with van der Waals surface area (Å²) in [6.07, 6.45) is 18.2. The predicted molar refractivity (Wildman–Crippen MR) is 147 cm³/mol. The number of furan rings is 1. The summed E-state index contributed by atoms with van der Waals surface area (Å²) >= 11 is 0. The van der Waals surface area contributed by atoms with Gasteiger partial charge in [-0.15, -0.1) is 0 Å². The van der Waals surface area contributed by atoms with Gasteiger partial charge in [0.05, 0.1) is 19.6 Å². The van der Waals surface area contributed by atoms with Crippen LogP contribution >= 0.6 is 0 Å². The smallest absolute Gasteiger partial charge is 0.333 e. The maximum atomic E-state index is 12.3. The molecule has 1 unspecified atom stereocenters. The molecule has 0 saturated heterocycles. The van der Waals surface area contributed by atoms with Crippen molar-refractivity contribution in [2.45, 2.75) is 85.5 Å². The molecule has 1 rings (SSSR count). The van der Waals surface area contributed by atoms with Gasteiger partial charge in [0.2, 0.25) is 0 Å². The third-order valence-corrected chi connectivity index (χ3v) is 6.23. The van der Waals surface area contributed by atoms with Crippen LogP contribution in [0.3, 0.4) is 0 Å². The Morgan fingerprint density at radius 2 is 1.69 bits per heavy atom. The van der Waals surface area contributed by atoms with Gasteiger partial charge in [-0.25, -0.2) is 9.59 Å². The number of aliphatic carboxylic acids is 1. The van der Waals surface area contributed by atoms with E-state index in [0.717, 1.165) is 49.7 Å². The fraction of sp³-hybridized carbons (Fsp3) is 0.484. The molecule has 0 spiro atoms. The Hall–Kier alpha value is -3.08. The summed E-state index contributed by atoms with van der Waals surface area (Å²) < 4.78 is 10.1. The number of hydrogen-bond acceptors (Lipinski definition) is 4. The molecule has 1 aromatic rings. The van der Waals surface area contributed by atoms with Gasteiger partial charge in [0.25, 0.3) is 0 Å². The molecule has 5 nitrogen and oxygen atoms in total. The fourth-order valence-electron chi connectivity index (χ4n) is 3.89. The molecule has 36 heavy (non-hydrogen) atoms. The summed E-state index contributed by atoms with van der Waals surface area (Å²) in [6.45, 7) is 12.3. The molecule has 0 aliphatic rings. The maximum absolute atomic E-state index is 12.3. The lowest BCUT2D eigenvalue weighted by Gasteiger charge is -2.16. The van der Waals surface area contributed by atoms with E-state index >= 15 is 0 Å². The summed E-state index contributed by atoms with van der Waals surface area (Å²) in [7, 11) is 1.42. The highest BCUT2D eigenvalue weighted by atomic mass is 16.5.